The minimum Gasteiger partial charge on any atom is -0.497 e. The molecule has 0 spiro atoms. The van der Waals surface area contributed by atoms with Crippen molar-refractivity contribution in [3.63, 3.8) is 0 Å². The lowest BCUT2D eigenvalue weighted by Crippen LogP contribution is -2.39. The van der Waals surface area contributed by atoms with E-state index in [2.05, 4.69) is 41.6 Å². The van der Waals surface area contributed by atoms with Crippen molar-refractivity contribution in [3.05, 3.63) is 29.8 Å². The molecule has 0 aliphatic heterocycles. The van der Waals surface area contributed by atoms with Gasteiger partial charge in [0, 0.05) is 20.2 Å². The van der Waals surface area contributed by atoms with E-state index in [0.29, 0.717) is 12.5 Å². The normalized spacial score (nSPS) is 13.5. The third-order valence-corrected chi connectivity index (χ3v) is 4.07. The SMILES string of the molecule is CCNC(=NCC(C)(C)OC)NCCC(C)c1ccc(OC)cc1. The molecule has 5 nitrogen and oxygen atoms in total. The van der Waals surface area contributed by atoms with Gasteiger partial charge in [-0.25, -0.2) is 0 Å². The first kappa shape index (κ1) is 20.3. The lowest BCUT2D eigenvalue weighted by Gasteiger charge is -2.21. The molecule has 0 aliphatic rings. The Morgan fingerprint density at radius 1 is 1.17 bits per heavy atom. The zero-order valence-corrected chi connectivity index (χ0v) is 16.0. The maximum atomic E-state index is 5.41. The number of nitrogens with zero attached hydrogens (tertiary/aromatic N) is 1. The fourth-order valence-electron chi connectivity index (χ4n) is 2.18. The number of aliphatic imine (C=N–C) groups is 1. The highest BCUT2D eigenvalue weighted by atomic mass is 16.5. The van der Waals surface area contributed by atoms with Crippen molar-refractivity contribution in [3.8, 4) is 5.75 Å². The van der Waals surface area contributed by atoms with Crippen LogP contribution in [0.3, 0.4) is 0 Å². The summed E-state index contributed by atoms with van der Waals surface area (Å²) in [5.41, 5.74) is 1.07. The summed E-state index contributed by atoms with van der Waals surface area (Å²) in [7, 11) is 3.40. The highest BCUT2D eigenvalue weighted by Crippen LogP contribution is 2.21. The smallest absolute Gasteiger partial charge is 0.191 e. The lowest BCUT2D eigenvalue weighted by atomic mass is 9.98. The van der Waals surface area contributed by atoms with E-state index in [4.69, 9.17) is 9.47 Å². The molecule has 0 fully saturated rings. The number of benzene rings is 1. The molecule has 0 aliphatic carbocycles. The molecule has 2 N–H and O–H groups in total. The van der Waals surface area contributed by atoms with Crippen molar-refractivity contribution in [2.75, 3.05) is 33.9 Å². The Labute approximate surface area is 146 Å². The molecular formula is C19H33N3O2. The molecule has 1 unspecified atom stereocenters. The van der Waals surface area contributed by atoms with Gasteiger partial charge in [-0.15, -0.1) is 0 Å². The minimum atomic E-state index is -0.251. The van der Waals surface area contributed by atoms with Crippen LogP contribution in [0.25, 0.3) is 0 Å². The van der Waals surface area contributed by atoms with E-state index >= 15 is 0 Å². The standard InChI is InChI=1S/C19H33N3O2/c1-7-20-18(22-14-19(3,4)24-6)21-13-12-15(2)16-8-10-17(23-5)11-9-16/h8-11,15H,7,12-14H2,1-6H3,(H2,20,21,22). The summed E-state index contributed by atoms with van der Waals surface area (Å²) in [6.07, 6.45) is 1.03. The molecule has 0 saturated heterocycles. The molecule has 5 heteroatoms. The van der Waals surface area contributed by atoms with Crippen molar-refractivity contribution in [1.29, 1.82) is 0 Å². The number of guanidine groups is 1. The van der Waals surface area contributed by atoms with Crippen LogP contribution in [-0.4, -0.2) is 45.4 Å². The highest BCUT2D eigenvalue weighted by molar-refractivity contribution is 5.79. The van der Waals surface area contributed by atoms with Gasteiger partial charge in [0.15, 0.2) is 5.96 Å². The van der Waals surface area contributed by atoms with Crippen molar-refractivity contribution < 1.29 is 9.47 Å². The van der Waals surface area contributed by atoms with Crippen LogP contribution in [0.2, 0.25) is 0 Å². The summed E-state index contributed by atoms with van der Waals surface area (Å²) in [6, 6.07) is 8.28. The lowest BCUT2D eigenvalue weighted by molar-refractivity contribution is 0.0310. The molecule has 1 aromatic rings. The zero-order valence-electron chi connectivity index (χ0n) is 16.0. The monoisotopic (exact) mass is 335 g/mol. The molecule has 1 rings (SSSR count). The van der Waals surface area contributed by atoms with Gasteiger partial charge in [-0.2, -0.15) is 0 Å². The van der Waals surface area contributed by atoms with Crippen LogP contribution >= 0.6 is 0 Å². The van der Waals surface area contributed by atoms with Crippen molar-refractivity contribution in [2.24, 2.45) is 4.99 Å². The van der Waals surface area contributed by atoms with Crippen LogP contribution in [-0.2, 0) is 4.74 Å². The van der Waals surface area contributed by atoms with Gasteiger partial charge in [-0.05, 0) is 50.8 Å². The van der Waals surface area contributed by atoms with Gasteiger partial charge in [0.1, 0.15) is 5.75 Å². The van der Waals surface area contributed by atoms with E-state index < -0.39 is 0 Å². The molecule has 0 bridgehead atoms. The van der Waals surface area contributed by atoms with Crippen molar-refractivity contribution in [2.45, 2.75) is 45.6 Å². The molecule has 0 amide bonds. The molecule has 1 aromatic carbocycles. The topological polar surface area (TPSA) is 54.9 Å². The van der Waals surface area contributed by atoms with Gasteiger partial charge >= 0.3 is 0 Å². The van der Waals surface area contributed by atoms with E-state index in [-0.39, 0.29) is 5.60 Å². The van der Waals surface area contributed by atoms with E-state index in [1.54, 1.807) is 14.2 Å². The predicted octanol–water partition coefficient (Wildman–Crippen LogP) is 3.17. The summed E-state index contributed by atoms with van der Waals surface area (Å²) in [5, 5.41) is 6.67. The Hall–Kier alpha value is -1.75. The third kappa shape index (κ3) is 7.21. The maximum absolute atomic E-state index is 5.41. The second-order valence-electron chi connectivity index (χ2n) is 6.55. The Kier molecular flexibility index (Phi) is 8.61. The first-order valence-corrected chi connectivity index (χ1v) is 8.63. The molecule has 0 aromatic heterocycles. The van der Waals surface area contributed by atoms with Crippen LogP contribution in [0.15, 0.2) is 29.3 Å². The summed E-state index contributed by atoms with van der Waals surface area (Å²) < 4.78 is 10.6. The number of hydrogen-bond donors (Lipinski definition) is 2. The average Bonchev–Trinajstić information content (AvgIpc) is 2.59. The van der Waals surface area contributed by atoms with E-state index in [1.165, 1.54) is 5.56 Å². The Morgan fingerprint density at radius 2 is 1.83 bits per heavy atom. The number of nitrogens with one attached hydrogen (secondary N) is 2. The van der Waals surface area contributed by atoms with Gasteiger partial charge in [-0.1, -0.05) is 19.1 Å². The fourth-order valence-corrected chi connectivity index (χ4v) is 2.18. The fraction of sp³-hybridized carbons (Fsp3) is 0.632. The predicted molar refractivity (Wildman–Crippen MR) is 101 cm³/mol. The Morgan fingerprint density at radius 3 is 2.38 bits per heavy atom. The first-order chi connectivity index (χ1) is 11.4. The summed E-state index contributed by atoms with van der Waals surface area (Å²) in [4.78, 5) is 4.60. The van der Waals surface area contributed by atoms with Crippen LogP contribution in [0.5, 0.6) is 5.75 Å². The van der Waals surface area contributed by atoms with Gasteiger partial charge < -0.3 is 20.1 Å². The van der Waals surface area contributed by atoms with E-state index in [0.717, 1.165) is 31.2 Å². The number of methoxy groups -OCH3 is 2. The maximum Gasteiger partial charge on any atom is 0.191 e. The molecule has 136 valence electrons. The average molecular weight is 335 g/mol. The van der Waals surface area contributed by atoms with Crippen molar-refractivity contribution >= 4 is 5.96 Å². The second kappa shape index (κ2) is 10.2. The van der Waals surface area contributed by atoms with Gasteiger partial charge in [-0.3, -0.25) is 4.99 Å². The first-order valence-electron chi connectivity index (χ1n) is 8.63. The minimum absolute atomic E-state index is 0.251. The molecule has 0 heterocycles. The Balaban J connectivity index is 2.50. The summed E-state index contributed by atoms with van der Waals surface area (Å²) in [6.45, 7) is 10.7. The van der Waals surface area contributed by atoms with Gasteiger partial charge in [0.25, 0.3) is 0 Å². The number of ether oxygens (including phenoxy) is 2. The quantitative estimate of drug-likeness (QED) is 0.538. The highest BCUT2D eigenvalue weighted by Gasteiger charge is 2.15. The van der Waals surface area contributed by atoms with Crippen LogP contribution in [0.1, 0.15) is 45.6 Å². The van der Waals surface area contributed by atoms with Crippen LogP contribution < -0.4 is 15.4 Å². The molecular weight excluding hydrogens is 302 g/mol. The van der Waals surface area contributed by atoms with Crippen molar-refractivity contribution in [1.82, 2.24) is 10.6 Å². The van der Waals surface area contributed by atoms with E-state index in [1.807, 2.05) is 26.0 Å². The van der Waals surface area contributed by atoms with Crippen LogP contribution in [0, 0.1) is 0 Å². The van der Waals surface area contributed by atoms with Gasteiger partial charge in [0.2, 0.25) is 0 Å². The molecule has 0 radical (unpaired) electrons. The zero-order chi connectivity index (χ0) is 18.0. The summed E-state index contributed by atoms with van der Waals surface area (Å²) >= 11 is 0. The van der Waals surface area contributed by atoms with Gasteiger partial charge in [0.05, 0.1) is 19.3 Å². The molecule has 0 saturated carbocycles. The number of hydrogen-bond acceptors (Lipinski definition) is 3. The third-order valence-electron chi connectivity index (χ3n) is 4.07. The van der Waals surface area contributed by atoms with E-state index in [9.17, 15) is 0 Å². The molecule has 1 atom stereocenters. The number of rotatable bonds is 9. The summed E-state index contributed by atoms with van der Waals surface area (Å²) in [5.74, 6) is 2.21. The largest absolute Gasteiger partial charge is 0.497 e. The second-order valence-corrected chi connectivity index (χ2v) is 6.55. The Bertz CT molecular complexity index is 498. The molecule has 24 heavy (non-hydrogen) atoms. The van der Waals surface area contributed by atoms with Crippen LogP contribution in [0.4, 0.5) is 0 Å².